The Morgan fingerprint density at radius 3 is 2.29 bits per heavy atom. The molecular weight excluding hydrogens is 204 g/mol. The van der Waals surface area contributed by atoms with Gasteiger partial charge in [0.1, 0.15) is 0 Å². The number of allylic oxidation sites excluding steroid dienone is 6. The van der Waals surface area contributed by atoms with Crippen LogP contribution in [0.2, 0.25) is 0 Å². The van der Waals surface area contributed by atoms with Gasteiger partial charge in [-0.15, -0.1) is 26.3 Å². The quantitative estimate of drug-likeness (QED) is 0.461. The molecule has 0 heteroatoms. The second kappa shape index (κ2) is 7.89. The molecule has 17 heavy (non-hydrogen) atoms. The van der Waals surface area contributed by atoms with E-state index in [0.29, 0.717) is 0 Å². The molecule has 0 spiro atoms. The minimum atomic E-state index is -0.0268. The SMILES string of the molecule is C=CCC(C=C)(CC(=C)C)C(C=C)C=CCC. The summed E-state index contributed by atoms with van der Waals surface area (Å²) in [7, 11) is 0. The van der Waals surface area contributed by atoms with Crippen LogP contribution < -0.4 is 0 Å². The molecular formula is C17H26. The predicted molar refractivity (Wildman–Crippen MR) is 80.0 cm³/mol. The summed E-state index contributed by atoms with van der Waals surface area (Å²) in [5, 5.41) is 0. The lowest BCUT2D eigenvalue weighted by Gasteiger charge is -2.35. The number of hydrogen-bond donors (Lipinski definition) is 0. The largest absolute Gasteiger partial charge is 0.103 e. The molecule has 0 saturated heterocycles. The van der Waals surface area contributed by atoms with Crippen LogP contribution >= 0.6 is 0 Å². The van der Waals surface area contributed by atoms with E-state index in [9.17, 15) is 0 Å². The predicted octanol–water partition coefficient (Wildman–Crippen LogP) is 5.47. The lowest BCUT2D eigenvalue weighted by molar-refractivity contribution is 0.320. The Kier molecular flexibility index (Phi) is 7.29. The van der Waals surface area contributed by atoms with E-state index in [1.54, 1.807) is 0 Å². The zero-order valence-corrected chi connectivity index (χ0v) is 11.4. The zero-order valence-electron chi connectivity index (χ0n) is 11.4. The van der Waals surface area contributed by atoms with Crippen molar-refractivity contribution >= 4 is 0 Å². The van der Waals surface area contributed by atoms with Gasteiger partial charge in [-0.2, -0.15) is 0 Å². The van der Waals surface area contributed by atoms with Gasteiger partial charge >= 0.3 is 0 Å². The smallest absolute Gasteiger partial charge is 0.00475 e. The Morgan fingerprint density at radius 1 is 1.29 bits per heavy atom. The van der Waals surface area contributed by atoms with Crippen LogP contribution in [0, 0.1) is 11.3 Å². The van der Waals surface area contributed by atoms with E-state index in [4.69, 9.17) is 0 Å². The van der Waals surface area contributed by atoms with Crippen LogP contribution in [0.4, 0.5) is 0 Å². The third kappa shape index (κ3) is 4.60. The van der Waals surface area contributed by atoms with Gasteiger partial charge in [-0.05, 0) is 26.2 Å². The molecule has 2 atom stereocenters. The van der Waals surface area contributed by atoms with Gasteiger partial charge in [-0.3, -0.25) is 0 Å². The molecule has 0 aromatic rings. The van der Waals surface area contributed by atoms with E-state index in [0.717, 1.165) is 19.3 Å². The lowest BCUT2D eigenvalue weighted by atomic mass is 9.69. The lowest BCUT2D eigenvalue weighted by Crippen LogP contribution is -2.26. The molecule has 94 valence electrons. The highest BCUT2D eigenvalue weighted by atomic mass is 14.3. The Bertz CT molecular complexity index is 306. The highest BCUT2D eigenvalue weighted by Gasteiger charge is 2.31. The molecule has 0 heterocycles. The second-order valence-corrected chi connectivity index (χ2v) is 4.66. The molecule has 0 aliphatic heterocycles. The average Bonchev–Trinajstić information content (AvgIpc) is 2.29. The van der Waals surface area contributed by atoms with Crippen molar-refractivity contribution in [1.82, 2.24) is 0 Å². The number of rotatable bonds is 9. The summed E-state index contributed by atoms with van der Waals surface area (Å²) >= 11 is 0. The van der Waals surface area contributed by atoms with Crippen molar-refractivity contribution in [2.45, 2.75) is 33.1 Å². The minimum absolute atomic E-state index is 0.0268. The monoisotopic (exact) mass is 230 g/mol. The van der Waals surface area contributed by atoms with Crippen LogP contribution in [0.15, 0.2) is 62.3 Å². The van der Waals surface area contributed by atoms with Crippen LogP contribution in [0.5, 0.6) is 0 Å². The Balaban J connectivity index is 5.27. The van der Waals surface area contributed by atoms with Gasteiger partial charge in [0.15, 0.2) is 0 Å². The van der Waals surface area contributed by atoms with Gasteiger partial charge in [0.05, 0.1) is 0 Å². The first-order valence-corrected chi connectivity index (χ1v) is 6.24. The van der Waals surface area contributed by atoms with Gasteiger partial charge in [0, 0.05) is 11.3 Å². The van der Waals surface area contributed by atoms with Gasteiger partial charge in [0.2, 0.25) is 0 Å². The van der Waals surface area contributed by atoms with Crippen molar-refractivity contribution in [3.63, 3.8) is 0 Å². The third-order valence-corrected chi connectivity index (χ3v) is 3.06. The van der Waals surface area contributed by atoms with E-state index in [-0.39, 0.29) is 11.3 Å². The van der Waals surface area contributed by atoms with Crippen LogP contribution in [0.25, 0.3) is 0 Å². The first kappa shape index (κ1) is 15.7. The third-order valence-electron chi connectivity index (χ3n) is 3.06. The summed E-state index contributed by atoms with van der Waals surface area (Å²) in [6.07, 6.45) is 13.3. The fourth-order valence-electron chi connectivity index (χ4n) is 2.24. The highest BCUT2D eigenvalue weighted by Crippen LogP contribution is 2.41. The molecule has 0 N–H and O–H groups in total. The van der Waals surface area contributed by atoms with E-state index < -0.39 is 0 Å². The van der Waals surface area contributed by atoms with E-state index in [1.165, 1.54) is 5.57 Å². The standard InChI is InChI=1S/C17H26/c1-7-11-12-16(9-3)17(10-4,13-8-2)14-15(5)6/h8-12,16H,2-5,7,13-14H2,1,6H3. The van der Waals surface area contributed by atoms with Crippen molar-refractivity contribution in [1.29, 1.82) is 0 Å². The van der Waals surface area contributed by atoms with Crippen LogP contribution in [-0.4, -0.2) is 0 Å². The summed E-state index contributed by atoms with van der Waals surface area (Å²) in [6, 6.07) is 0. The van der Waals surface area contributed by atoms with Crippen molar-refractivity contribution < 1.29 is 0 Å². The number of hydrogen-bond acceptors (Lipinski definition) is 0. The van der Waals surface area contributed by atoms with Crippen LogP contribution in [0.3, 0.4) is 0 Å². The van der Waals surface area contributed by atoms with Crippen molar-refractivity contribution in [3.05, 3.63) is 62.3 Å². The molecule has 0 radical (unpaired) electrons. The summed E-state index contributed by atoms with van der Waals surface area (Å²) in [4.78, 5) is 0. The highest BCUT2D eigenvalue weighted by molar-refractivity contribution is 5.17. The van der Waals surface area contributed by atoms with Crippen LogP contribution in [-0.2, 0) is 0 Å². The summed E-state index contributed by atoms with van der Waals surface area (Å²) in [5.74, 6) is 0.287. The maximum absolute atomic E-state index is 4.03. The van der Waals surface area contributed by atoms with E-state index >= 15 is 0 Å². The first-order valence-electron chi connectivity index (χ1n) is 6.24. The van der Waals surface area contributed by atoms with Crippen molar-refractivity contribution in [3.8, 4) is 0 Å². The molecule has 2 unspecified atom stereocenters. The maximum Gasteiger partial charge on any atom is 0.00475 e. The maximum atomic E-state index is 4.03. The molecule has 0 aliphatic rings. The average molecular weight is 230 g/mol. The summed E-state index contributed by atoms with van der Waals surface area (Å²) in [5.41, 5.74) is 1.14. The molecule has 0 bridgehead atoms. The topological polar surface area (TPSA) is 0 Å². The fourth-order valence-corrected chi connectivity index (χ4v) is 2.24. The minimum Gasteiger partial charge on any atom is -0.103 e. The molecule has 0 saturated carbocycles. The fraction of sp³-hybridized carbons (Fsp3) is 0.412. The van der Waals surface area contributed by atoms with Gasteiger partial charge < -0.3 is 0 Å². The van der Waals surface area contributed by atoms with Crippen molar-refractivity contribution in [2.75, 3.05) is 0 Å². The van der Waals surface area contributed by atoms with Gasteiger partial charge in [0.25, 0.3) is 0 Å². The molecule has 0 aromatic carbocycles. The molecule has 0 rings (SSSR count). The van der Waals surface area contributed by atoms with Crippen molar-refractivity contribution in [2.24, 2.45) is 11.3 Å². The summed E-state index contributed by atoms with van der Waals surface area (Å²) in [6.45, 7) is 20.1. The Hall–Kier alpha value is -1.30. The molecule has 0 fully saturated rings. The Morgan fingerprint density at radius 2 is 1.94 bits per heavy atom. The van der Waals surface area contributed by atoms with Gasteiger partial charge in [-0.25, -0.2) is 0 Å². The second-order valence-electron chi connectivity index (χ2n) is 4.66. The van der Waals surface area contributed by atoms with E-state index in [2.05, 4.69) is 52.3 Å². The van der Waals surface area contributed by atoms with Gasteiger partial charge in [-0.1, -0.05) is 42.9 Å². The van der Waals surface area contributed by atoms with Crippen LogP contribution in [0.1, 0.15) is 33.1 Å². The zero-order chi connectivity index (χ0) is 13.3. The molecule has 0 aliphatic carbocycles. The molecule has 0 amide bonds. The molecule has 0 aromatic heterocycles. The first-order chi connectivity index (χ1) is 8.06. The van der Waals surface area contributed by atoms with E-state index in [1.807, 2.05) is 18.2 Å². The summed E-state index contributed by atoms with van der Waals surface area (Å²) < 4.78 is 0. The normalized spacial score (nSPS) is 16.1. The Labute approximate surface area is 107 Å². The molecule has 0 nitrogen and oxygen atoms in total.